The average molecular weight is 388 g/mol. The Balaban J connectivity index is 1.69. The fourth-order valence-electron chi connectivity index (χ4n) is 2.33. The van der Waals surface area contributed by atoms with Gasteiger partial charge in [0.05, 0.1) is 16.8 Å². The van der Waals surface area contributed by atoms with Crippen molar-refractivity contribution in [3.05, 3.63) is 77.4 Å². The van der Waals surface area contributed by atoms with E-state index in [-0.39, 0.29) is 10.7 Å². The van der Waals surface area contributed by atoms with Gasteiger partial charge in [0.2, 0.25) is 0 Å². The molecule has 0 radical (unpaired) electrons. The van der Waals surface area contributed by atoms with Crippen LogP contribution in [0.15, 0.2) is 71.8 Å². The fraction of sp³-hybridized carbons (Fsp3) is 0.105. The van der Waals surface area contributed by atoms with Crippen LogP contribution in [0.4, 0.5) is 17.2 Å². The molecule has 0 saturated carbocycles. The van der Waals surface area contributed by atoms with Gasteiger partial charge in [0.1, 0.15) is 5.82 Å². The lowest BCUT2D eigenvalue weighted by atomic mass is 10.1. The lowest BCUT2D eigenvalue weighted by Crippen LogP contribution is -2.13. The minimum absolute atomic E-state index is 0.127. The molecule has 134 valence electrons. The van der Waals surface area contributed by atoms with Gasteiger partial charge < -0.3 is 5.32 Å². The maximum atomic E-state index is 12.3. The van der Waals surface area contributed by atoms with Crippen LogP contribution in [0.25, 0.3) is 0 Å². The molecule has 3 rings (SSSR count). The first-order valence-corrected chi connectivity index (χ1v) is 9.93. The van der Waals surface area contributed by atoms with Crippen LogP contribution in [-0.4, -0.2) is 13.4 Å². The predicted molar refractivity (Wildman–Crippen MR) is 106 cm³/mol. The number of benzene rings is 2. The summed E-state index contributed by atoms with van der Waals surface area (Å²) in [6, 6.07) is 17.4. The molecule has 0 amide bonds. The highest BCUT2D eigenvalue weighted by molar-refractivity contribution is 7.92. The van der Waals surface area contributed by atoms with E-state index in [1.165, 1.54) is 29.8 Å². The van der Waals surface area contributed by atoms with Crippen molar-refractivity contribution in [3.8, 4) is 0 Å². The van der Waals surface area contributed by atoms with Crippen molar-refractivity contribution in [1.29, 1.82) is 0 Å². The molecule has 0 atom stereocenters. The SMILES string of the molecule is CCc1ccc(Nc2ccc(NS(=O)(=O)c3ccc(Cl)cc3)nc2)cc1. The van der Waals surface area contributed by atoms with Gasteiger partial charge in [-0.3, -0.25) is 4.72 Å². The zero-order valence-corrected chi connectivity index (χ0v) is 15.7. The van der Waals surface area contributed by atoms with Crippen LogP contribution in [0, 0.1) is 0 Å². The first-order valence-electron chi connectivity index (χ1n) is 8.07. The average Bonchev–Trinajstić information content (AvgIpc) is 2.64. The van der Waals surface area contributed by atoms with Crippen LogP contribution in [0.2, 0.25) is 5.02 Å². The summed E-state index contributed by atoms with van der Waals surface area (Å²) in [5, 5.41) is 3.71. The maximum absolute atomic E-state index is 12.3. The summed E-state index contributed by atoms with van der Waals surface area (Å²) in [4.78, 5) is 4.28. The molecule has 2 aromatic carbocycles. The van der Waals surface area contributed by atoms with Crippen molar-refractivity contribution in [2.75, 3.05) is 10.0 Å². The van der Waals surface area contributed by atoms with Gasteiger partial charge in [0.15, 0.2) is 0 Å². The molecule has 0 aliphatic heterocycles. The fourth-order valence-corrected chi connectivity index (χ4v) is 3.46. The quantitative estimate of drug-likeness (QED) is 0.634. The van der Waals surface area contributed by atoms with Crippen molar-refractivity contribution >= 4 is 38.8 Å². The van der Waals surface area contributed by atoms with E-state index < -0.39 is 10.0 Å². The molecule has 26 heavy (non-hydrogen) atoms. The Labute approximate surface area is 158 Å². The van der Waals surface area contributed by atoms with E-state index in [0.29, 0.717) is 5.02 Å². The van der Waals surface area contributed by atoms with Crippen LogP contribution >= 0.6 is 11.6 Å². The van der Waals surface area contributed by atoms with E-state index >= 15 is 0 Å². The van der Waals surface area contributed by atoms with Gasteiger partial charge in [-0.25, -0.2) is 13.4 Å². The van der Waals surface area contributed by atoms with Crippen molar-refractivity contribution < 1.29 is 8.42 Å². The minimum Gasteiger partial charge on any atom is -0.354 e. The molecule has 0 unspecified atom stereocenters. The highest BCUT2D eigenvalue weighted by Gasteiger charge is 2.14. The molecule has 0 spiro atoms. The number of sulfonamides is 1. The number of nitrogens with zero attached hydrogens (tertiary/aromatic N) is 1. The van der Waals surface area contributed by atoms with Crippen molar-refractivity contribution in [2.24, 2.45) is 0 Å². The number of aryl methyl sites for hydroxylation is 1. The number of anilines is 3. The van der Waals surface area contributed by atoms with E-state index in [2.05, 4.69) is 34.1 Å². The van der Waals surface area contributed by atoms with E-state index in [1.807, 2.05) is 12.1 Å². The summed E-state index contributed by atoms with van der Waals surface area (Å²) in [5.74, 6) is 0.242. The molecule has 2 N–H and O–H groups in total. The summed E-state index contributed by atoms with van der Waals surface area (Å²) in [6.07, 6.45) is 2.57. The Morgan fingerprint density at radius 3 is 2.15 bits per heavy atom. The van der Waals surface area contributed by atoms with E-state index in [9.17, 15) is 8.42 Å². The molecule has 5 nitrogen and oxygen atoms in total. The zero-order chi connectivity index (χ0) is 18.6. The van der Waals surface area contributed by atoms with Gasteiger partial charge in [0.25, 0.3) is 10.0 Å². The second kappa shape index (κ2) is 7.76. The molecule has 7 heteroatoms. The molecule has 0 bridgehead atoms. The minimum atomic E-state index is -3.70. The Kier molecular flexibility index (Phi) is 5.44. The Hall–Kier alpha value is -2.57. The highest BCUT2D eigenvalue weighted by Crippen LogP contribution is 2.20. The first kappa shape index (κ1) is 18.2. The monoisotopic (exact) mass is 387 g/mol. The molecule has 0 fully saturated rings. The second-order valence-electron chi connectivity index (χ2n) is 5.67. The van der Waals surface area contributed by atoms with Crippen LogP contribution in [-0.2, 0) is 16.4 Å². The van der Waals surface area contributed by atoms with Crippen LogP contribution in [0.3, 0.4) is 0 Å². The standard InChI is InChI=1S/C19H18ClN3O2S/c1-2-14-3-7-16(8-4-14)22-17-9-12-19(21-13-17)23-26(24,25)18-10-5-15(20)6-11-18/h3-13,22H,2H2,1H3,(H,21,23). The summed E-state index contributed by atoms with van der Waals surface area (Å²) >= 11 is 5.79. The predicted octanol–water partition coefficient (Wildman–Crippen LogP) is 4.84. The van der Waals surface area contributed by atoms with Gasteiger partial charge in [-0.05, 0) is 60.5 Å². The lowest BCUT2D eigenvalue weighted by molar-refractivity contribution is 0.601. The number of hydrogen-bond donors (Lipinski definition) is 2. The Bertz CT molecular complexity index is 971. The maximum Gasteiger partial charge on any atom is 0.263 e. The van der Waals surface area contributed by atoms with Gasteiger partial charge in [-0.2, -0.15) is 0 Å². The molecule has 1 aromatic heterocycles. The third-order valence-corrected chi connectivity index (χ3v) is 5.40. The van der Waals surface area contributed by atoms with Crippen LogP contribution in [0.5, 0.6) is 0 Å². The van der Waals surface area contributed by atoms with E-state index in [1.54, 1.807) is 18.3 Å². The zero-order valence-electron chi connectivity index (χ0n) is 14.1. The van der Waals surface area contributed by atoms with Crippen LogP contribution in [0.1, 0.15) is 12.5 Å². The van der Waals surface area contributed by atoms with Crippen molar-refractivity contribution in [1.82, 2.24) is 4.98 Å². The topological polar surface area (TPSA) is 71.1 Å². The van der Waals surface area contributed by atoms with Gasteiger partial charge in [0, 0.05) is 10.7 Å². The largest absolute Gasteiger partial charge is 0.354 e. The van der Waals surface area contributed by atoms with Crippen LogP contribution < -0.4 is 10.0 Å². The highest BCUT2D eigenvalue weighted by atomic mass is 35.5. The molecule has 0 aliphatic carbocycles. The summed E-state index contributed by atoms with van der Waals surface area (Å²) in [5.41, 5.74) is 2.97. The normalized spacial score (nSPS) is 11.2. The molecule has 3 aromatic rings. The third kappa shape index (κ3) is 4.53. The first-order chi connectivity index (χ1) is 12.5. The molecular weight excluding hydrogens is 370 g/mol. The van der Waals surface area contributed by atoms with Crippen molar-refractivity contribution in [3.63, 3.8) is 0 Å². The van der Waals surface area contributed by atoms with E-state index in [4.69, 9.17) is 11.6 Å². The Morgan fingerprint density at radius 2 is 1.58 bits per heavy atom. The second-order valence-corrected chi connectivity index (χ2v) is 7.79. The number of pyridine rings is 1. The summed E-state index contributed by atoms with van der Waals surface area (Å²) < 4.78 is 27.1. The molecule has 1 heterocycles. The number of halogens is 1. The van der Waals surface area contributed by atoms with Gasteiger partial charge in [-0.1, -0.05) is 30.7 Å². The van der Waals surface area contributed by atoms with Crippen molar-refractivity contribution in [2.45, 2.75) is 18.2 Å². The number of hydrogen-bond acceptors (Lipinski definition) is 4. The molecule has 0 saturated heterocycles. The smallest absolute Gasteiger partial charge is 0.263 e. The summed E-state index contributed by atoms with van der Waals surface area (Å²) in [6.45, 7) is 2.11. The van der Waals surface area contributed by atoms with E-state index in [0.717, 1.165) is 17.8 Å². The number of nitrogens with one attached hydrogen (secondary N) is 2. The summed E-state index contributed by atoms with van der Waals surface area (Å²) in [7, 11) is -3.70. The van der Waals surface area contributed by atoms with Gasteiger partial charge in [-0.15, -0.1) is 0 Å². The Morgan fingerprint density at radius 1 is 0.923 bits per heavy atom. The number of aromatic nitrogens is 1. The molecule has 0 aliphatic rings. The van der Waals surface area contributed by atoms with Gasteiger partial charge >= 0.3 is 0 Å². The molecular formula is C19H18ClN3O2S. The number of rotatable bonds is 6. The third-order valence-electron chi connectivity index (χ3n) is 3.78. The lowest BCUT2D eigenvalue weighted by Gasteiger charge is -2.10.